The van der Waals surface area contributed by atoms with Crippen molar-refractivity contribution in [2.75, 3.05) is 7.11 Å². The molecule has 1 aromatic carbocycles. The van der Waals surface area contributed by atoms with Crippen molar-refractivity contribution in [2.45, 2.75) is 13.8 Å². The number of carbonyl (C=O) groups excluding carboxylic acids is 1. The zero-order valence-corrected chi connectivity index (χ0v) is 11.4. The number of ether oxygens (including phenoxy) is 1. The zero-order chi connectivity index (χ0) is 13.8. The Hall–Kier alpha value is -2.29. The Morgan fingerprint density at radius 2 is 1.89 bits per heavy atom. The Morgan fingerprint density at radius 3 is 2.53 bits per heavy atom. The lowest BCUT2D eigenvalue weighted by Gasteiger charge is -2.09. The summed E-state index contributed by atoms with van der Waals surface area (Å²) in [6, 6.07) is 12.2. The summed E-state index contributed by atoms with van der Waals surface area (Å²) in [5.74, 6) is -0.343. The van der Waals surface area contributed by atoms with E-state index in [0.717, 1.165) is 22.6 Å². The fraction of sp³-hybridized carbons (Fsp3) is 0.188. The van der Waals surface area contributed by atoms with Crippen LogP contribution in [0.25, 0.3) is 11.8 Å². The van der Waals surface area contributed by atoms with Gasteiger partial charge in [-0.25, -0.2) is 4.79 Å². The van der Waals surface area contributed by atoms with Crippen LogP contribution in [-0.2, 0) is 9.53 Å². The van der Waals surface area contributed by atoms with Crippen LogP contribution in [0, 0.1) is 13.8 Å². The average molecular weight is 255 g/mol. The molecule has 2 rings (SSSR count). The van der Waals surface area contributed by atoms with Gasteiger partial charge in [0.05, 0.1) is 7.11 Å². The van der Waals surface area contributed by atoms with Crippen LogP contribution in [0.3, 0.4) is 0 Å². The number of aromatic nitrogens is 1. The largest absolute Gasteiger partial charge is 0.466 e. The molecular weight excluding hydrogens is 238 g/mol. The zero-order valence-electron chi connectivity index (χ0n) is 11.4. The summed E-state index contributed by atoms with van der Waals surface area (Å²) in [7, 11) is 1.37. The van der Waals surface area contributed by atoms with Crippen molar-refractivity contribution in [1.29, 1.82) is 0 Å². The van der Waals surface area contributed by atoms with Crippen molar-refractivity contribution in [2.24, 2.45) is 0 Å². The van der Waals surface area contributed by atoms with Gasteiger partial charge in [0.15, 0.2) is 0 Å². The predicted octanol–water partition coefficient (Wildman–Crippen LogP) is 3.28. The first-order valence-corrected chi connectivity index (χ1v) is 6.14. The third-order valence-electron chi connectivity index (χ3n) is 3.08. The molecule has 98 valence electrons. The monoisotopic (exact) mass is 255 g/mol. The smallest absolute Gasteiger partial charge is 0.330 e. The molecule has 0 fully saturated rings. The van der Waals surface area contributed by atoms with Gasteiger partial charge in [-0.15, -0.1) is 0 Å². The fourth-order valence-electron chi connectivity index (χ4n) is 2.16. The first kappa shape index (κ1) is 13.1. The second-order valence-electron chi connectivity index (χ2n) is 4.35. The second-order valence-corrected chi connectivity index (χ2v) is 4.35. The number of esters is 1. The van der Waals surface area contributed by atoms with Crippen LogP contribution in [0.5, 0.6) is 0 Å². The van der Waals surface area contributed by atoms with Crippen molar-refractivity contribution in [3.05, 3.63) is 59.4 Å². The van der Waals surface area contributed by atoms with Crippen molar-refractivity contribution < 1.29 is 9.53 Å². The molecule has 0 saturated carbocycles. The summed E-state index contributed by atoms with van der Waals surface area (Å²) in [5, 5.41) is 0. The van der Waals surface area contributed by atoms with Gasteiger partial charge in [0.1, 0.15) is 0 Å². The molecule has 19 heavy (non-hydrogen) atoms. The number of hydrogen-bond donors (Lipinski definition) is 0. The topological polar surface area (TPSA) is 31.2 Å². The minimum atomic E-state index is -0.343. The lowest BCUT2D eigenvalue weighted by Crippen LogP contribution is -1.98. The molecule has 0 unspecified atom stereocenters. The minimum absolute atomic E-state index is 0.343. The summed E-state index contributed by atoms with van der Waals surface area (Å²) in [6.07, 6.45) is 3.23. The van der Waals surface area contributed by atoms with E-state index in [0.29, 0.717) is 0 Å². The Kier molecular flexibility index (Phi) is 3.85. The Bertz CT molecular complexity index is 609. The molecule has 0 N–H and O–H groups in total. The van der Waals surface area contributed by atoms with Gasteiger partial charge >= 0.3 is 5.97 Å². The maximum atomic E-state index is 11.1. The summed E-state index contributed by atoms with van der Waals surface area (Å²) < 4.78 is 6.76. The van der Waals surface area contributed by atoms with E-state index in [9.17, 15) is 4.79 Å². The number of carbonyl (C=O) groups is 1. The maximum Gasteiger partial charge on any atom is 0.330 e. The number of nitrogens with zero attached hydrogens (tertiary/aromatic N) is 1. The summed E-state index contributed by atoms with van der Waals surface area (Å²) in [6.45, 7) is 4.09. The minimum Gasteiger partial charge on any atom is -0.466 e. The maximum absolute atomic E-state index is 11.1. The SMILES string of the molecule is COC(=O)C=Cc1cc(C)n(-c2ccccc2)c1C. The van der Waals surface area contributed by atoms with Gasteiger partial charge in [-0.1, -0.05) is 18.2 Å². The van der Waals surface area contributed by atoms with Gasteiger partial charge in [0.2, 0.25) is 0 Å². The first-order chi connectivity index (χ1) is 9.13. The Morgan fingerprint density at radius 1 is 1.21 bits per heavy atom. The summed E-state index contributed by atoms with van der Waals surface area (Å²) in [4.78, 5) is 11.1. The molecule has 0 spiro atoms. The van der Waals surface area contributed by atoms with E-state index in [-0.39, 0.29) is 5.97 Å². The van der Waals surface area contributed by atoms with Crippen molar-refractivity contribution in [3.8, 4) is 5.69 Å². The highest BCUT2D eigenvalue weighted by molar-refractivity contribution is 5.87. The standard InChI is InChI=1S/C16H17NO2/c1-12-11-14(9-10-16(18)19-3)13(2)17(12)15-7-5-4-6-8-15/h4-11H,1-3H3. The fourth-order valence-corrected chi connectivity index (χ4v) is 2.16. The highest BCUT2D eigenvalue weighted by Crippen LogP contribution is 2.21. The summed E-state index contributed by atoms with van der Waals surface area (Å²) >= 11 is 0. The van der Waals surface area contributed by atoms with E-state index in [1.807, 2.05) is 25.1 Å². The van der Waals surface area contributed by atoms with Gasteiger partial charge in [0.25, 0.3) is 0 Å². The highest BCUT2D eigenvalue weighted by atomic mass is 16.5. The van der Waals surface area contributed by atoms with E-state index in [4.69, 9.17) is 0 Å². The van der Waals surface area contributed by atoms with Crippen LogP contribution in [0.15, 0.2) is 42.5 Å². The van der Waals surface area contributed by atoms with E-state index < -0.39 is 0 Å². The number of methoxy groups -OCH3 is 1. The number of aryl methyl sites for hydroxylation is 1. The molecule has 3 heteroatoms. The van der Waals surface area contributed by atoms with Crippen LogP contribution >= 0.6 is 0 Å². The van der Waals surface area contributed by atoms with E-state index >= 15 is 0 Å². The predicted molar refractivity (Wildman–Crippen MR) is 76.3 cm³/mol. The number of rotatable bonds is 3. The van der Waals surface area contributed by atoms with Crippen LogP contribution in [0.1, 0.15) is 17.0 Å². The normalized spacial score (nSPS) is 10.9. The first-order valence-electron chi connectivity index (χ1n) is 6.14. The molecule has 0 saturated heterocycles. The number of hydrogen-bond acceptors (Lipinski definition) is 2. The molecule has 0 radical (unpaired) electrons. The van der Waals surface area contributed by atoms with Gasteiger partial charge < -0.3 is 9.30 Å². The lowest BCUT2D eigenvalue weighted by atomic mass is 10.2. The third kappa shape index (κ3) is 2.76. The molecule has 0 amide bonds. The van der Waals surface area contributed by atoms with Crippen molar-refractivity contribution in [3.63, 3.8) is 0 Å². The van der Waals surface area contributed by atoms with Gasteiger partial charge in [-0.2, -0.15) is 0 Å². The lowest BCUT2D eigenvalue weighted by molar-refractivity contribution is -0.134. The van der Waals surface area contributed by atoms with E-state index in [2.05, 4.69) is 34.4 Å². The molecule has 1 heterocycles. The van der Waals surface area contributed by atoms with Crippen molar-refractivity contribution in [1.82, 2.24) is 4.57 Å². The molecule has 0 atom stereocenters. The van der Waals surface area contributed by atoms with E-state index in [1.54, 1.807) is 6.08 Å². The number of para-hydroxylation sites is 1. The quantitative estimate of drug-likeness (QED) is 0.622. The molecule has 0 aliphatic carbocycles. The third-order valence-corrected chi connectivity index (χ3v) is 3.08. The second kappa shape index (κ2) is 5.57. The summed E-state index contributed by atoms with van der Waals surface area (Å²) in [5.41, 5.74) is 4.37. The number of benzene rings is 1. The van der Waals surface area contributed by atoms with Crippen molar-refractivity contribution >= 4 is 12.0 Å². The van der Waals surface area contributed by atoms with Crippen LogP contribution in [-0.4, -0.2) is 17.6 Å². The van der Waals surface area contributed by atoms with Gasteiger partial charge in [-0.3, -0.25) is 0 Å². The Labute approximate surface area is 113 Å². The molecule has 1 aromatic heterocycles. The molecule has 3 nitrogen and oxygen atoms in total. The Balaban J connectivity index is 2.41. The van der Waals surface area contributed by atoms with Crippen LogP contribution in [0.4, 0.5) is 0 Å². The molecule has 2 aromatic rings. The average Bonchev–Trinajstić information content (AvgIpc) is 2.71. The van der Waals surface area contributed by atoms with E-state index in [1.165, 1.54) is 13.2 Å². The molecular formula is C16H17NO2. The molecule has 0 aliphatic rings. The highest BCUT2D eigenvalue weighted by Gasteiger charge is 2.08. The van der Waals surface area contributed by atoms with Crippen LogP contribution < -0.4 is 0 Å². The van der Waals surface area contributed by atoms with Crippen LogP contribution in [0.2, 0.25) is 0 Å². The molecule has 0 bridgehead atoms. The van der Waals surface area contributed by atoms with Gasteiger partial charge in [-0.05, 0) is 43.7 Å². The van der Waals surface area contributed by atoms with Gasteiger partial charge in [0, 0.05) is 23.2 Å². The molecule has 0 aliphatic heterocycles.